The Hall–Kier alpha value is -7.46. The number of rotatable bonds is 7. The van der Waals surface area contributed by atoms with Gasteiger partial charge in [0.1, 0.15) is 11.2 Å². The molecule has 0 saturated carbocycles. The summed E-state index contributed by atoms with van der Waals surface area (Å²) in [5.41, 5.74) is 13.5. The van der Waals surface area contributed by atoms with Crippen LogP contribution in [0.1, 0.15) is 18.9 Å². The van der Waals surface area contributed by atoms with Crippen LogP contribution < -0.4 is 4.90 Å². The molecule has 11 aromatic rings. The summed E-state index contributed by atoms with van der Waals surface area (Å²) in [5.74, 6) is 0. The van der Waals surface area contributed by atoms with Gasteiger partial charge in [-0.2, -0.15) is 0 Å². The van der Waals surface area contributed by atoms with Crippen LogP contribution in [0.3, 0.4) is 0 Å². The van der Waals surface area contributed by atoms with Gasteiger partial charge in [0.15, 0.2) is 0 Å². The lowest BCUT2D eigenvalue weighted by Crippen LogP contribution is -2.24. The third-order valence-corrected chi connectivity index (χ3v) is 14.1. The van der Waals surface area contributed by atoms with Crippen LogP contribution in [0.5, 0.6) is 0 Å². The smallest absolute Gasteiger partial charge is 0.139 e. The second-order valence-electron chi connectivity index (χ2n) is 16.7. The summed E-state index contributed by atoms with van der Waals surface area (Å²) >= 11 is 1.88. The highest BCUT2D eigenvalue weighted by Gasteiger charge is 2.31. The van der Waals surface area contributed by atoms with E-state index in [1.54, 1.807) is 0 Å². The predicted molar refractivity (Wildman–Crippen MR) is 265 cm³/mol. The first-order chi connectivity index (χ1) is 30.6. The van der Waals surface area contributed by atoms with Crippen molar-refractivity contribution in [1.82, 2.24) is 0 Å². The van der Waals surface area contributed by atoms with Gasteiger partial charge in [-0.25, -0.2) is 0 Å². The fourth-order valence-electron chi connectivity index (χ4n) is 9.62. The Labute approximate surface area is 364 Å². The Morgan fingerprint density at radius 1 is 0.516 bits per heavy atom. The van der Waals surface area contributed by atoms with Gasteiger partial charge in [-0.15, -0.1) is 11.3 Å². The number of fused-ring (bicyclic) bond motifs is 7. The van der Waals surface area contributed by atoms with E-state index in [2.05, 4.69) is 224 Å². The molecule has 2 heterocycles. The van der Waals surface area contributed by atoms with Crippen molar-refractivity contribution in [2.45, 2.75) is 18.8 Å². The minimum atomic E-state index is -0.259. The van der Waals surface area contributed by atoms with E-state index >= 15 is 0 Å². The predicted octanol–water partition coefficient (Wildman–Crippen LogP) is 17.0. The zero-order valence-corrected chi connectivity index (χ0v) is 35.1. The van der Waals surface area contributed by atoms with E-state index in [0.717, 1.165) is 45.4 Å². The first-order valence-corrected chi connectivity index (χ1v) is 22.2. The molecule has 3 heteroatoms. The van der Waals surface area contributed by atoms with Crippen LogP contribution in [0, 0.1) is 0 Å². The van der Waals surface area contributed by atoms with Crippen LogP contribution in [0.25, 0.3) is 86.3 Å². The van der Waals surface area contributed by atoms with Crippen LogP contribution in [0.2, 0.25) is 0 Å². The van der Waals surface area contributed by atoms with Gasteiger partial charge in [0.2, 0.25) is 0 Å². The standard InChI is InChI=1S/C59H41NOS/c1-59(53-23-12-20-50-48-18-5-8-25-55(48)61-57(50)53)35-33-46(34-36-59)60(54-24-7-4-17-47(54)51-21-11-22-52-49-19-6-9-26-56(49)62-58(51)52)45-31-29-40(30-32-45)42-15-10-16-43(37-42)44-28-27-39-13-2-3-14-41(39)38-44/h2-35,37-38H,36H2,1H3. The topological polar surface area (TPSA) is 16.4 Å². The summed E-state index contributed by atoms with van der Waals surface area (Å²) in [6.45, 7) is 2.33. The zero-order chi connectivity index (χ0) is 41.2. The maximum atomic E-state index is 6.57. The number of nitrogens with zero attached hydrogens (tertiary/aromatic N) is 1. The Bertz CT molecular complexity index is 3590. The third kappa shape index (κ3) is 6.08. The summed E-state index contributed by atoms with van der Waals surface area (Å²) < 4.78 is 9.18. The molecule has 12 rings (SSSR count). The van der Waals surface area contributed by atoms with Gasteiger partial charge in [-0.05, 0) is 88.0 Å². The van der Waals surface area contributed by atoms with Gasteiger partial charge < -0.3 is 9.32 Å². The maximum Gasteiger partial charge on any atom is 0.139 e. The third-order valence-electron chi connectivity index (χ3n) is 12.9. The lowest BCUT2D eigenvalue weighted by molar-refractivity contribution is 0.577. The molecule has 2 nitrogen and oxygen atoms in total. The molecule has 1 atom stereocenters. The fourth-order valence-corrected chi connectivity index (χ4v) is 10.8. The molecule has 9 aromatic carbocycles. The van der Waals surface area contributed by atoms with Crippen LogP contribution in [-0.2, 0) is 5.41 Å². The van der Waals surface area contributed by atoms with Crippen molar-refractivity contribution in [3.8, 4) is 33.4 Å². The van der Waals surface area contributed by atoms with Crippen molar-refractivity contribution in [3.63, 3.8) is 0 Å². The molecule has 62 heavy (non-hydrogen) atoms. The van der Waals surface area contributed by atoms with Crippen molar-refractivity contribution in [1.29, 1.82) is 0 Å². The van der Waals surface area contributed by atoms with Gasteiger partial charge in [-0.1, -0.05) is 177 Å². The second kappa shape index (κ2) is 14.6. The van der Waals surface area contributed by atoms with Crippen LogP contribution in [-0.4, -0.2) is 0 Å². The monoisotopic (exact) mass is 811 g/mol. The van der Waals surface area contributed by atoms with Crippen molar-refractivity contribution in [3.05, 3.63) is 230 Å². The van der Waals surface area contributed by atoms with Gasteiger partial charge in [0.05, 0.1) is 5.69 Å². The number of allylic oxidation sites excluding steroid dienone is 3. The minimum Gasteiger partial charge on any atom is -0.456 e. The van der Waals surface area contributed by atoms with Gasteiger partial charge in [0, 0.05) is 64.4 Å². The van der Waals surface area contributed by atoms with Crippen molar-refractivity contribution in [2.75, 3.05) is 4.90 Å². The van der Waals surface area contributed by atoms with Gasteiger partial charge in [0.25, 0.3) is 0 Å². The van der Waals surface area contributed by atoms with E-state index in [4.69, 9.17) is 4.42 Å². The molecule has 0 bridgehead atoms. The highest BCUT2D eigenvalue weighted by atomic mass is 32.1. The van der Waals surface area contributed by atoms with E-state index in [1.807, 2.05) is 17.4 Å². The summed E-state index contributed by atoms with van der Waals surface area (Å²) in [7, 11) is 0. The summed E-state index contributed by atoms with van der Waals surface area (Å²) in [4.78, 5) is 2.45. The van der Waals surface area contributed by atoms with E-state index in [-0.39, 0.29) is 5.41 Å². The van der Waals surface area contributed by atoms with Crippen LogP contribution >= 0.6 is 11.3 Å². The Morgan fingerprint density at radius 2 is 1.18 bits per heavy atom. The molecular formula is C59H41NOS. The van der Waals surface area contributed by atoms with E-state index in [9.17, 15) is 0 Å². The van der Waals surface area contributed by atoms with Crippen molar-refractivity contribution >= 4 is 75.6 Å². The number of thiophene rings is 1. The molecule has 0 radical (unpaired) electrons. The number of hydrogen-bond donors (Lipinski definition) is 0. The number of para-hydroxylation sites is 3. The average Bonchev–Trinajstić information content (AvgIpc) is 3.91. The SMILES string of the molecule is CC1(c2cccc3c2oc2ccccc23)C=CC(N(c2ccc(-c3cccc(-c4ccc5ccccc5c4)c3)cc2)c2ccccc2-c2cccc3c2sc2ccccc23)=CC1. The van der Waals surface area contributed by atoms with E-state index in [1.165, 1.54) is 69.9 Å². The molecule has 0 aliphatic heterocycles. The summed E-state index contributed by atoms with van der Waals surface area (Å²) in [6, 6.07) is 72.7. The maximum absolute atomic E-state index is 6.57. The second-order valence-corrected chi connectivity index (χ2v) is 17.7. The Balaban J connectivity index is 0.963. The highest BCUT2D eigenvalue weighted by molar-refractivity contribution is 7.26. The van der Waals surface area contributed by atoms with Crippen molar-refractivity contribution in [2.24, 2.45) is 0 Å². The zero-order valence-electron chi connectivity index (χ0n) is 34.3. The first kappa shape index (κ1) is 36.4. The van der Waals surface area contributed by atoms with Gasteiger partial charge in [-0.3, -0.25) is 0 Å². The van der Waals surface area contributed by atoms with Crippen LogP contribution in [0.4, 0.5) is 11.4 Å². The Kier molecular flexibility index (Phi) is 8.58. The number of anilines is 2. The molecule has 1 unspecified atom stereocenters. The molecule has 1 aliphatic carbocycles. The van der Waals surface area contributed by atoms with E-state index in [0.29, 0.717) is 0 Å². The molecule has 0 amide bonds. The molecule has 1 aliphatic rings. The molecule has 294 valence electrons. The van der Waals surface area contributed by atoms with Gasteiger partial charge >= 0.3 is 0 Å². The largest absolute Gasteiger partial charge is 0.456 e. The average molecular weight is 812 g/mol. The summed E-state index contributed by atoms with van der Waals surface area (Å²) in [6.07, 6.45) is 7.94. The molecule has 0 spiro atoms. The highest BCUT2D eigenvalue weighted by Crippen LogP contribution is 2.47. The Morgan fingerprint density at radius 3 is 2.05 bits per heavy atom. The lowest BCUT2D eigenvalue weighted by Gasteiger charge is -2.34. The fraction of sp³-hybridized carbons (Fsp3) is 0.0508. The quantitative estimate of drug-likeness (QED) is 0.159. The first-order valence-electron chi connectivity index (χ1n) is 21.4. The lowest BCUT2D eigenvalue weighted by atomic mass is 9.76. The normalized spacial score (nSPS) is 15.2. The summed E-state index contributed by atoms with van der Waals surface area (Å²) in [5, 5.41) is 7.43. The number of furan rings is 1. The van der Waals surface area contributed by atoms with Crippen LogP contribution in [0.15, 0.2) is 229 Å². The van der Waals surface area contributed by atoms with Crippen molar-refractivity contribution < 1.29 is 4.42 Å². The molecule has 0 fully saturated rings. The van der Waals surface area contributed by atoms with E-state index < -0.39 is 0 Å². The molecule has 2 aromatic heterocycles. The molecule has 0 N–H and O–H groups in total. The molecular weight excluding hydrogens is 771 g/mol. The molecule has 0 saturated heterocycles. The minimum absolute atomic E-state index is 0.259. The number of benzene rings is 9. The number of hydrogen-bond acceptors (Lipinski definition) is 3.